The highest BCUT2D eigenvalue weighted by Gasteiger charge is 2.01. The van der Waals surface area contributed by atoms with Crippen LogP contribution in [0.2, 0.25) is 0 Å². The maximum absolute atomic E-state index is 4.37. The van der Waals surface area contributed by atoms with E-state index in [9.17, 15) is 0 Å². The number of aryl methyl sites for hydroxylation is 2. The van der Waals surface area contributed by atoms with E-state index in [0.29, 0.717) is 0 Å². The van der Waals surface area contributed by atoms with Crippen LogP contribution in [-0.2, 0) is 6.54 Å². The fraction of sp³-hybridized carbons (Fsp3) is 0.667. The second-order valence-electron chi connectivity index (χ2n) is 2.92. The van der Waals surface area contributed by atoms with Crippen molar-refractivity contribution in [3.63, 3.8) is 0 Å². The second-order valence-corrected chi connectivity index (χ2v) is 2.92. The zero-order chi connectivity index (χ0) is 8.97. The molecule has 1 rings (SSSR count). The van der Waals surface area contributed by atoms with Crippen LogP contribution >= 0.6 is 0 Å². The molecule has 0 aliphatic heterocycles. The predicted octanol–water partition coefficient (Wildman–Crippen LogP) is 2.03. The van der Waals surface area contributed by atoms with Gasteiger partial charge in [0.25, 0.3) is 0 Å². The van der Waals surface area contributed by atoms with Gasteiger partial charge in [-0.05, 0) is 20.3 Å². The van der Waals surface area contributed by atoms with Crippen LogP contribution in [0.25, 0.3) is 0 Å². The Bertz CT molecular complexity index is 240. The molecule has 1 heterocycles. The molecule has 0 radical (unpaired) electrons. The smallest absolute Gasteiger partial charge is 0.203 e. The van der Waals surface area contributed by atoms with Gasteiger partial charge in [0.15, 0.2) is 0 Å². The molecule has 68 valence electrons. The molecular formula is C9H17N3. The second kappa shape index (κ2) is 4.14. The molecule has 0 fully saturated rings. The highest BCUT2D eigenvalue weighted by molar-refractivity contribution is 5.28. The van der Waals surface area contributed by atoms with E-state index >= 15 is 0 Å². The maximum atomic E-state index is 4.37. The van der Waals surface area contributed by atoms with Crippen LogP contribution < -0.4 is 5.32 Å². The highest BCUT2D eigenvalue weighted by atomic mass is 15.2. The van der Waals surface area contributed by atoms with Crippen LogP contribution in [0.4, 0.5) is 5.95 Å². The molecule has 1 aromatic heterocycles. The Morgan fingerprint density at radius 1 is 1.50 bits per heavy atom. The molecule has 0 aliphatic rings. The third kappa shape index (κ3) is 2.00. The van der Waals surface area contributed by atoms with Crippen LogP contribution in [-0.4, -0.2) is 16.1 Å². The molecule has 3 heteroatoms. The van der Waals surface area contributed by atoms with Gasteiger partial charge in [0.2, 0.25) is 5.95 Å². The molecule has 0 saturated carbocycles. The van der Waals surface area contributed by atoms with Gasteiger partial charge in [-0.15, -0.1) is 0 Å². The van der Waals surface area contributed by atoms with Gasteiger partial charge in [0, 0.05) is 19.3 Å². The van der Waals surface area contributed by atoms with Crippen molar-refractivity contribution in [2.75, 3.05) is 11.9 Å². The first kappa shape index (κ1) is 9.10. The van der Waals surface area contributed by atoms with E-state index in [-0.39, 0.29) is 0 Å². The number of anilines is 1. The molecule has 0 unspecified atom stereocenters. The first-order valence-electron chi connectivity index (χ1n) is 4.55. The van der Waals surface area contributed by atoms with Crippen molar-refractivity contribution in [1.82, 2.24) is 9.55 Å². The monoisotopic (exact) mass is 167 g/mol. The zero-order valence-corrected chi connectivity index (χ0v) is 8.09. The largest absolute Gasteiger partial charge is 0.356 e. The van der Waals surface area contributed by atoms with E-state index in [1.165, 1.54) is 0 Å². The molecule has 0 saturated heterocycles. The summed E-state index contributed by atoms with van der Waals surface area (Å²) in [6.07, 6.45) is 3.20. The first-order chi connectivity index (χ1) is 5.77. The summed E-state index contributed by atoms with van der Waals surface area (Å²) in [4.78, 5) is 4.37. The Balaban J connectivity index is 2.68. The molecule has 3 nitrogen and oxygen atoms in total. The van der Waals surface area contributed by atoms with Crippen molar-refractivity contribution < 1.29 is 0 Å². The summed E-state index contributed by atoms with van der Waals surface area (Å²) in [7, 11) is 0. The molecule has 0 spiro atoms. The summed E-state index contributed by atoms with van der Waals surface area (Å²) in [6.45, 7) is 8.27. The molecule has 0 aliphatic carbocycles. The summed E-state index contributed by atoms with van der Waals surface area (Å²) in [5.41, 5.74) is 1.08. The van der Waals surface area contributed by atoms with Gasteiger partial charge in [-0.3, -0.25) is 0 Å². The minimum Gasteiger partial charge on any atom is -0.356 e. The van der Waals surface area contributed by atoms with Crippen LogP contribution in [0.1, 0.15) is 26.0 Å². The predicted molar refractivity (Wildman–Crippen MR) is 51.4 cm³/mol. The molecule has 0 bridgehead atoms. The minimum absolute atomic E-state index is 0.979. The first-order valence-corrected chi connectivity index (χ1v) is 4.55. The fourth-order valence-corrected chi connectivity index (χ4v) is 1.17. The van der Waals surface area contributed by atoms with Crippen LogP contribution in [0.5, 0.6) is 0 Å². The average Bonchev–Trinajstić information content (AvgIpc) is 2.42. The Labute approximate surface area is 73.8 Å². The summed E-state index contributed by atoms with van der Waals surface area (Å²) in [5.74, 6) is 0.997. The molecular weight excluding hydrogens is 150 g/mol. The summed E-state index contributed by atoms with van der Waals surface area (Å²) in [5, 5.41) is 3.29. The van der Waals surface area contributed by atoms with E-state index in [4.69, 9.17) is 0 Å². The van der Waals surface area contributed by atoms with Crippen molar-refractivity contribution >= 4 is 5.95 Å². The van der Waals surface area contributed by atoms with Gasteiger partial charge >= 0.3 is 0 Å². The Morgan fingerprint density at radius 2 is 2.25 bits per heavy atom. The maximum Gasteiger partial charge on any atom is 0.203 e. The van der Waals surface area contributed by atoms with Crippen molar-refractivity contribution in [2.24, 2.45) is 0 Å². The molecule has 1 aromatic rings. The Hall–Kier alpha value is -0.990. The topological polar surface area (TPSA) is 29.9 Å². The Kier molecular flexibility index (Phi) is 3.14. The lowest BCUT2D eigenvalue weighted by molar-refractivity contribution is 0.760. The van der Waals surface area contributed by atoms with E-state index in [1.54, 1.807) is 0 Å². The minimum atomic E-state index is 0.979. The van der Waals surface area contributed by atoms with Gasteiger partial charge in [-0.25, -0.2) is 4.98 Å². The number of nitrogens with one attached hydrogen (secondary N) is 1. The summed E-state index contributed by atoms with van der Waals surface area (Å²) in [6, 6.07) is 0. The van der Waals surface area contributed by atoms with Gasteiger partial charge in [-0.1, -0.05) is 6.92 Å². The van der Waals surface area contributed by atoms with Crippen molar-refractivity contribution in [1.29, 1.82) is 0 Å². The zero-order valence-electron chi connectivity index (χ0n) is 8.09. The van der Waals surface area contributed by atoms with E-state index in [1.807, 2.05) is 6.92 Å². The quantitative estimate of drug-likeness (QED) is 0.743. The number of imidazole rings is 1. The van der Waals surface area contributed by atoms with Gasteiger partial charge in [0.1, 0.15) is 0 Å². The number of hydrogen-bond donors (Lipinski definition) is 1. The standard InChI is InChI=1S/C9H17N3/c1-4-6-10-9-11-8(3)7-12(9)5-2/h7H,4-6H2,1-3H3,(H,10,11). The van der Waals surface area contributed by atoms with Crippen LogP contribution in [0, 0.1) is 6.92 Å². The van der Waals surface area contributed by atoms with Crippen molar-refractivity contribution in [2.45, 2.75) is 33.7 Å². The third-order valence-electron chi connectivity index (χ3n) is 1.77. The van der Waals surface area contributed by atoms with Crippen molar-refractivity contribution in [3.8, 4) is 0 Å². The fourth-order valence-electron chi connectivity index (χ4n) is 1.17. The van der Waals surface area contributed by atoms with Gasteiger partial charge in [-0.2, -0.15) is 0 Å². The molecule has 0 aromatic carbocycles. The van der Waals surface area contributed by atoms with Gasteiger partial charge < -0.3 is 9.88 Å². The van der Waals surface area contributed by atoms with E-state index < -0.39 is 0 Å². The average molecular weight is 167 g/mol. The van der Waals surface area contributed by atoms with E-state index in [0.717, 1.165) is 31.2 Å². The molecule has 0 amide bonds. The number of hydrogen-bond acceptors (Lipinski definition) is 2. The Morgan fingerprint density at radius 3 is 2.83 bits per heavy atom. The van der Waals surface area contributed by atoms with Crippen LogP contribution in [0.15, 0.2) is 6.20 Å². The van der Waals surface area contributed by atoms with Crippen LogP contribution in [0.3, 0.4) is 0 Å². The van der Waals surface area contributed by atoms with E-state index in [2.05, 4.69) is 34.9 Å². The van der Waals surface area contributed by atoms with Gasteiger partial charge in [0.05, 0.1) is 5.69 Å². The molecule has 12 heavy (non-hydrogen) atoms. The SMILES string of the molecule is CCCNc1nc(C)cn1CC. The summed E-state index contributed by atoms with van der Waals surface area (Å²) < 4.78 is 2.13. The lowest BCUT2D eigenvalue weighted by atomic mass is 10.5. The lowest BCUT2D eigenvalue weighted by Crippen LogP contribution is -2.06. The number of aromatic nitrogens is 2. The molecule has 1 N–H and O–H groups in total. The highest BCUT2D eigenvalue weighted by Crippen LogP contribution is 2.07. The normalized spacial score (nSPS) is 10.2. The third-order valence-corrected chi connectivity index (χ3v) is 1.77. The summed E-state index contributed by atoms with van der Waals surface area (Å²) >= 11 is 0. The number of rotatable bonds is 4. The molecule has 0 atom stereocenters. The lowest BCUT2D eigenvalue weighted by Gasteiger charge is -2.05. The van der Waals surface area contributed by atoms with Crippen molar-refractivity contribution in [3.05, 3.63) is 11.9 Å². The number of nitrogens with zero attached hydrogens (tertiary/aromatic N) is 2.